The van der Waals surface area contributed by atoms with Gasteiger partial charge in [0.2, 0.25) is 5.13 Å². The summed E-state index contributed by atoms with van der Waals surface area (Å²) < 4.78 is 11.4. The summed E-state index contributed by atoms with van der Waals surface area (Å²) in [6, 6.07) is 22.1. The number of hydrazone groups is 1. The van der Waals surface area contributed by atoms with Gasteiger partial charge in [-0.05, 0) is 48.0 Å². The zero-order chi connectivity index (χ0) is 20.9. The van der Waals surface area contributed by atoms with Gasteiger partial charge < -0.3 is 9.47 Å². The lowest BCUT2D eigenvalue weighted by Crippen LogP contribution is -2.25. The van der Waals surface area contributed by atoms with Crippen molar-refractivity contribution in [1.29, 1.82) is 0 Å². The van der Waals surface area contributed by atoms with Crippen LogP contribution >= 0.6 is 11.3 Å². The predicted octanol–water partition coefficient (Wildman–Crippen LogP) is 4.99. The van der Waals surface area contributed by atoms with Crippen LogP contribution in [0, 0.1) is 0 Å². The molecule has 4 aromatic rings. The van der Waals surface area contributed by atoms with Crippen molar-refractivity contribution in [2.75, 3.05) is 19.2 Å². The Balaban J connectivity index is 1.74. The minimum absolute atomic E-state index is 0.282. The minimum atomic E-state index is -0.282. The van der Waals surface area contributed by atoms with Crippen molar-refractivity contribution in [1.82, 2.24) is 4.98 Å². The van der Waals surface area contributed by atoms with E-state index < -0.39 is 0 Å². The van der Waals surface area contributed by atoms with Crippen LogP contribution < -0.4 is 14.5 Å². The second-order valence-electron chi connectivity index (χ2n) is 6.33. The third-order valence-electron chi connectivity index (χ3n) is 4.42. The van der Waals surface area contributed by atoms with Crippen LogP contribution in [-0.4, -0.2) is 31.3 Å². The van der Waals surface area contributed by atoms with Crippen LogP contribution in [-0.2, 0) is 0 Å². The van der Waals surface area contributed by atoms with Gasteiger partial charge in [-0.15, -0.1) is 0 Å². The highest BCUT2D eigenvalue weighted by Gasteiger charge is 2.21. The Bertz CT molecular complexity index is 1190. The fraction of sp³-hybridized carbons (Fsp3) is 0.0870. The molecule has 150 valence electrons. The maximum atomic E-state index is 13.3. The summed E-state index contributed by atoms with van der Waals surface area (Å²) in [6.07, 6.45) is 1.65. The number of anilines is 1. The maximum absolute atomic E-state index is 13.3. The first-order valence-electron chi connectivity index (χ1n) is 9.20. The van der Waals surface area contributed by atoms with Gasteiger partial charge in [0, 0.05) is 5.56 Å². The van der Waals surface area contributed by atoms with Crippen molar-refractivity contribution in [3.8, 4) is 11.5 Å². The van der Waals surface area contributed by atoms with E-state index >= 15 is 0 Å². The van der Waals surface area contributed by atoms with Crippen molar-refractivity contribution in [3.63, 3.8) is 0 Å². The lowest BCUT2D eigenvalue weighted by atomic mass is 10.2. The highest BCUT2D eigenvalue weighted by molar-refractivity contribution is 7.22. The lowest BCUT2D eigenvalue weighted by Gasteiger charge is -2.14. The van der Waals surface area contributed by atoms with E-state index in [1.54, 1.807) is 44.7 Å². The van der Waals surface area contributed by atoms with Crippen molar-refractivity contribution >= 4 is 38.8 Å². The Labute approximate surface area is 178 Å². The molecule has 0 aliphatic carbocycles. The molecular weight excluding hydrogens is 398 g/mol. The summed E-state index contributed by atoms with van der Waals surface area (Å²) in [5.41, 5.74) is 2.14. The number of benzene rings is 3. The largest absolute Gasteiger partial charge is 0.497 e. The van der Waals surface area contributed by atoms with Gasteiger partial charge >= 0.3 is 0 Å². The zero-order valence-corrected chi connectivity index (χ0v) is 17.3. The summed E-state index contributed by atoms with van der Waals surface area (Å²) in [4.78, 5) is 17.9. The number of fused-ring (bicyclic) bond motifs is 1. The number of methoxy groups -OCH3 is 2. The first-order chi connectivity index (χ1) is 14.7. The smallest absolute Gasteiger partial charge is 0.280 e. The molecule has 4 rings (SSSR count). The number of hydrogen-bond donors (Lipinski definition) is 0. The fourth-order valence-electron chi connectivity index (χ4n) is 2.82. The molecule has 0 spiro atoms. The van der Waals surface area contributed by atoms with E-state index in [0.29, 0.717) is 16.4 Å². The Morgan fingerprint density at radius 2 is 1.67 bits per heavy atom. The third kappa shape index (κ3) is 4.16. The van der Waals surface area contributed by atoms with E-state index in [4.69, 9.17) is 9.47 Å². The van der Waals surface area contributed by atoms with E-state index in [9.17, 15) is 4.79 Å². The molecule has 0 aliphatic rings. The average Bonchev–Trinajstić information content (AvgIpc) is 3.22. The number of carbonyl (C=O) groups excluding carboxylic acids is 1. The molecule has 0 unspecified atom stereocenters. The van der Waals surface area contributed by atoms with Gasteiger partial charge in [0.25, 0.3) is 5.91 Å². The molecule has 1 amide bonds. The second-order valence-corrected chi connectivity index (χ2v) is 7.34. The number of ether oxygens (including phenoxy) is 2. The number of aromatic nitrogens is 1. The van der Waals surface area contributed by atoms with Crippen LogP contribution in [0.25, 0.3) is 10.2 Å². The monoisotopic (exact) mass is 417 g/mol. The van der Waals surface area contributed by atoms with Gasteiger partial charge in [0.15, 0.2) is 0 Å². The van der Waals surface area contributed by atoms with Crippen molar-refractivity contribution in [3.05, 3.63) is 83.9 Å². The standard InChI is InChI=1S/C23H19N3O3S/c1-28-18-10-8-17(9-11-18)22(27)26(24-15-16-6-4-3-5-7-16)23-25-20-13-12-19(29-2)14-21(20)30-23/h3-15H,1-2H3/b24-15+. The number of hydrogen-bond acceptors (Lipinski definition) is 6. The van der Waals surface area contributed by atoms with Crippen molar-refractivity contribution in [2.45, 2.75) is 0 Å². The van der Waals surface area contributed by atoms with E-state index in [0.717, 1.165) is 21.5 Å². The van der Waals surface area contributed by atoms with Crippen molar-refractivity contribution in [2.24, 2.45) is 5.10 Å². The molecule has 1 heterocycles. The number of rotatable bonds is 6. The molecule has 1 aromatic heterocycles. The molecule has 3 aromatic carbocycles. The van der Waals surface area contributed by atoms with E-state index in [1.165, 1.54) is 16.3 Å². The molecule has 7 heteroatoms. The lowest BCUT2D eigenvalue weighted by molar-refractivity contribution is 0.0988. The summed E-state index contributed by atoms with van der Waals surface area (Å²) in [5, 5.41) is 6.27. The Kier molecular flexibility index (Phi) is 5.72. The predicted molar refractivity (Wildman–Crippen MR) is 120 cm³/mol. The van der Waals surface area contributed by atoms with E-state index in [2.05, 4.69) is 10.1 Å². The zero-order valence-electron chi connectivity index (χ0n) is 16.5. The first-order valence-corrected chi connectivity index (χ1v) is 10.0. The van der Waals surface area contributed by atoms with Gasteiger partial charge in [-0.25, -0.2) is 4.98 Å². The number of thiazole rings is 1. The van der Waals surface area contributed by atoms with Crippen molar-refractivity contribution < 1.29 is 14.3 Å². The highest BCUT2D eigenvalue weighted by Crippen LogP contribution is 2.32. The molecule has 0 radical (unpaired) electrons. The van der Waals surface area contributed by atoms with Crippen LogP contribution in [0.1, 0.15) is 15.9 Å². The van der Waals surface area contributed by atoms with Crippen LogP contribution in [0.4, 0.5) is 5.13 Å². The molecular formula is C23H19N3O3S. The normalized spacial score (nSPS) is 11.0. The Morgan fingerprint density at radius 1 is 0.967 bits per heavy atom. The Morgan fingerprint density at radius 3 is 2.37 bits per heavy atom. The van der Waals surface area contributed by atoms with Crippen LogP contribution in [0.3, 0.4) is 0 Å². The number of nitrogens with zero attached hydrogens (tertiary/aromatic N) is 3. The molecule has 6 nitrogen and oxygen atoms in total. The first kappa shape index (κ1) is 19.6. The molecule has 0 saturated carbocycles. The van der Waals surface area contributed by atoms with Crippen LogP contribution in [0.2, 0.25) is 0 Å². The second kappa shape index (κ2) is 8.75. The summed E-state index contributed by atoms with van der Waals surface area (Å²) in [7, 11) is 3.20. The number of carbonyl (C=O) groups is 1. The third-order valence-corrected chi connectivity index (χ3v) is 5.41. The molecule has 0 saturated heterocycles. The van der Waals surface area contributed by atoms with E-state index in [-0.39, 0.29) is 5.91 Å². The van der Waals surface area contributed by atoms with Gasteiger partial charge in [0.05, 0.1) is 30.7 Å². The number of amides is 1. The molecule has 30 heavy (non-hydrogen) atoms. The van der Waals surface area contributed by atoms with Crippen LogP contribution in [0.5, 0.6) is 11.5 Å². The van der Waals surface area contributed by atoms with Gasteiger partial charge in [0.1, 0.15) is 11.5 Å². The van der Waals surface area contributed by atoms with Gasteiger partial charge in [-0.3, -0.25) is 4.79 Å². The Hall–Kier alpha value is -3.71. The molecule has 0 atom stereocenters. The maximum Gasteiger partial charge on any atom is 0.280 e. The quantitative estimate of drug-likeness (QED) is 0.327. The molecule has 0 fully saturated rings. The topological polar surface area (TPSA) is 64.0 Å². The van der Waals surface area contributed by atoms with E-state index in [1.807, 2.05) is 48.5 Å². The SMILES string of the molecule is COc1ccc(C(=O)N(/N=C/c2ccccc2)c2nc3ccc(OC)cc3s2)cc1. The molecule has 0 N–H and O–H groups in total. The minimum Gasteiger partial charge on any atom is -0.497 e. The highest BCUT2D eigenvalue weighted by atomic mass is 32.1. The summed E-state index contributed by atoms with van der Waals surface area (Å²) in [5.74, 6) is 1.13. The fourth-order valence-corrected chi connectivity index (χ4v) is 3.77. The average molecular weight is 417 g/mol. The molecule has 0 bridgehead atoms. The van der Waals surface area contributed by atoms with Crippen LogP contribution in [0.15, 0.2) is 77.9 Å². The van der Waals surface area contributed by atoms with Gasteiger partial charge in [-0.1, -0.05) is 41.7 Å². The van der Waals surface area contributed by atoms with Gasteiger partial charge in [-0.2, -0.15) is 10.1 Å². The summed E-state index contributed by atoms with van der Waals surface area (Å²) in [6.45, 7) is 0. The summed E-state index contributed by atoms with van der Waals surface area (Å²) >= 11 is 1.38. The molecule has 0 aliphatic heterocycles.